The van der Waals surface area contributed by atoms with Crippen molar-refractivity contribution in [3.63, 3.8) is 0 Å². The first-order valence-electron chi connectivity index (χ1n) is 8.00. The Morgan fingerprint density at radius 2 is 1.89 bits per heavy atom. The highest BCUT2D eigenvalue weighted by molar-refractivity contribution is 7.19. The Bertz CT molecular complexity index is 1220. The molecule has 0 saturated carbocycles. The average Bonchev–Trinajstić information content (AvgIpc) is 3.02. The molecule has 0 bridgehead atoms. The molecule has 0 fully saturated rings. The van der Waals surface area contributed by atoms with Crippen molar-refractivity contribution in [1.82, 2.24) is 14.8 Å². The van der Waals surface area contributed by atoms with E-state index in [0.29, 0.717) is 37.1 Å². The van der Waals surface area contributed by atoms with Crippen LogP contribution in [-0.2, 0) is 6.54 Å². The third-order valence-electron chi connectivity index (χ3n) is 4.06. The normalized spacial score (nSPS) is 11.3. The molecule has 2 aromatic carbocycles. The summed E-state index contributed by atoms with van der Waals surface area (Å²) in [6.07, 6.45) is 0. The number of benzene rings is 2. The molecule has 4 nitrogen and oxygen atoms in total. The lowest BCUT2D eigenvalue weighted by atomic mass is 10.1. The maximum absolute atomic E-state index is 13.3. The molecule has 0 unspecified atom stereocenters. The van der Waals surface area contributed by atoms with Gasteiger partial charge in [0.15, 0.2) is 5.52 Å². The summed E-state index contributed by atoms with van der Waals surface area (Å²) >= 11 is 13.6. The Kier molecular flexibility index (Phi) is 4.72. The monoisotopic (exact) mass is 419 g/mol. The number of fused-ring (bicyclic) bond motifs is 1. The van der Waals surface area contributed by atoms with Gasteiger partial charge in [-0.2, -0.15) is 5.10 Å². The number of thiazole rings is 1. The highest BCUT2D eigenvalue weighted by Crippen LogP contribution is 2.30. The van der Waals surface area contributed by atoms with E-state index in [1.165, 1.54) is 28.2 Å². The van der Waals surface area contributed by atoms with Crippen LogP contribution in [0.5, 0.6) is 0 Å². The summed E-state index contributed by atoms with van der Waals surface area (Å²) in [5.41, 5.74) is 2.05. The minimum Gasteiger partial charge on any atom is -0.265 e. The summed E-state index contributed by atoms with van der Waals surface area (Å²) in [5, 5.41) is 6.26. The van der Waals surface area contributed by atoms with Gasteiger partial charge in [-0.15, -0.1) is 11.3 Å². The van der Waals surface area contributed by atoms with Crippen molar-refractivity contribution in [2.75, 3.05) is 0 Å². The maximum atomic E-state index is 13.3. The summed E-state index contributed by atoms with van der Waals surface area (Å²) in [6, 6.07) is 11.1. The van der Waals surface area contributed by atoms with Gasteiger partial charge in [-0.25, -0.2) is 14.1 Å². The lowest BCUT2D eigenvalue weighted by molar-refractivity contribution is 0.627. The lowest BCUT2D eigenvalue weighted by Crippen LogP contribution is -2.24. The molecule has 0 aliphatic carbocycles. The highest BCUT2D eigenvalue weighted by Gasteiger charge is 2.17. The Labute approximate surface area is 167 Å². The summed E-state index contributed by atoms with van der Waals surface area (Å²) < 4.78 is 15.3. The Morgan fingerprint density at radius 3 is 2.59 bits per heavy atom. The van der Waals surface area contributed by atoms with E-state index in [2.05, 4.69) is 10.1 Å². The van der Waals surface area contributed by atoms with Crippen LogP contribution < -0.4 is 5.56 Å². The summed E-state index contributed by atoms with van der Waals surface area (Å²) in [5.74, 6) is -0.336. The van der Waals surface area contributed by atoms with Gasteiger partial charge in [-0.3, -0.25) is 4.79 Å². The molecule has 0 radical (unpaired) electrons. The maximum Gasteiger partial charge on any atom is 0.294 e. The molecule has 27 heavy (non-hydrogen) atoms. The lowest BCUT2D eigenvalue weighted by Gasteiger charge is -2.10. The predicted octanol–water partition coefficient (Wildman–Crippen LogP) is 5.32. The van der Waals surface area contributed by atoms with Crippen molar-refractivity contribution in [1.29, 1.82) is 0 Å². The zero-order chi connectivity index (χ0) is 19.1. The zero-order valence-electron chi connectivity index (χ0n) is 14.0. The molecule has 8 heteroatoms. The van der Waals surface area contributed by atoms with Crippen LogP contribution in [0.25, 0.3) is 21.5 Å². The largest absolute Gasteiger partial charge is 0.294 e. The highest BCUT2D eigenvalue weighted by atomic mass is 35.5. The van der Waals surface area contributed by atoms with Crippen molar-refractivity contribution in [2.24, 2.45) is 0 Å². The summed E-state index contributed by atoms with van der Waals surface area (Å²) in [4.78, 5) is 17.2. The summed E-state index contributed by atoms with van der Waals surface area (Å²) in [7, 11) is 0. The number of nitrogens with zero attached hydrogens (tertiary/aromatic N) is 3. The van der Waals surface area contributed by atoms with Crippen LogP contribution in [0.3, 0.4) is 0 Å². The molecule has 0 saturated heterocycles. The van der Waals surface area contributed by atoms with Gasteiger partial charge < -0.3 is 0 Å². The fourth-order valence-corrected chi connectivity index (χ4v) is 4.17. The number of rotatable bonds is 3. The first-order valence-corrected chi connectivity index (χ1v) is 9.58. The van der Waals surface area contributed by atoms with Gasteiger partial charge in [0, 0.05) is 15.6 Å². The molecular formula is C19H12Cl2FN3OS. The topological polar surface area (TPSA) is 47.8 Å². The van der Waals surface area contributed by atoms with E-state index in [-0.39, 0.29) is 17.9 Å². The van der Waals surface area contributed by atoms with Crippen molar-refractivity contribution in [3.8, 4) is 11.3 Å². The number of aryl methyl sites for hydroxylation is 1. The third kappa shape index (κ3) is 3.48. The summed E-state index contributed by atoms with van der Waals surface area (Å²) in [6.45, 7) is 2.01. The number of hydrogen-bond donors (Lipinski definition) is 0. The second-order valence-electron chi connectivity index (χ2n) is 5.96. The molecule has 2 aromatic heterocycles. The predicted molar refractivity (Wildman–Crippen MR) is 107 cm³/mol. The number of halogens is 3. The standard InChI is InChI=1S/C19H12Cl2FN3OS/c1-10-23-17-18(27-10)16(11-3-6-14(22)7-4-11)24-25(19(17)26)9-12-2-5-13(20)8-15(12)21/h2-8H,9H2,1H3. The van der Waals surface area contributed by atoms with Crippen LogP contribution in [0, 0.1) is 12.7 Å². The van der Waals surface area contributed by atoms with Gasteiger partial charge in [0.25, 0.3) is 5.56 Å². The zero-order valence-corrected chi connectivity index (χ0v) is 16.4. The Morgan fingerprint density at radius 1 is 1.15 bits per heavy atom. The van der Waals surface area contributed by atoms with Gasteiger partial charge in [0.2, 0.25) is 0 Å². The smallest absolute Gasteiger partial charge is 0.265 e. The Balaban J connectivity index is 1.92. The first kappa shape index (κ1) is 18.1. The quantitative estimate of drug-likeness (QED) is 0.451. The second-order valence-corrected chi connectivity index (χ2v) is 8.01. The SMILES string of the molecule is Cc1nc2c(=O)n(Cc3ccc(Cl)cc3Cl)nc(-c3ccc(F)cc3)c2s1. The van der Waals surface area contributed by atoms with E-state index in [1.807, 2.05) is 6.92 Å². The molecule has 136 valence electrons. The van der Waals surface area contributed by atoms with Gasteiger partial charge in [-0.1, -0.05) is 29.3 Å². The van der Waals surface area contributed by atoms with Crippen LogP contribution in [0.4, 0.5) is 4.39 Å². The van der Waals surface area contributed by atoms with Gasteiger partial charge in [0.1, 0.15) is 11.5 Å². The number of hydrogen-bond acceptors (Lipinski definition) is 4. The van der Waals surface area contributed by atoms with E-state index in [9.17, 15) is 9.18 Å². The van der Waals surface area contributed by atoms with Gasteiger partial charge in [0.05, 0.1) is 16.3 Å². The van der Waals surface area contributed by atoms with E-state index in [0.717, 1.165) is 5.01 Å². The molecule has 4 aromatic rings. The minimum absolute atomic E-state index is 0.176. The minimum atomic E-state index is -0.336. The molecule has 4 rings (SSSR count). The van der Waals surface area contributed by atoms with E-state index in [4.69, 9.17) is 23.2 Å². The van der Waals surface area contributed by atoms with Crippen molar-refractivity contribution < 1.29 is 4.39 Å². The van der Waals surface area contributed by atoms with Crippen LogP contribution >= 0.6 is 34.5 Å². The Hall–Kier alpha value is -2.28. The third-order valence-corrected chi connectivity index (χ3v) is 5.62. The first-order chi connectivity index (χ1) is 12.9. The molecule has 0 amide bonds. The second kappa shape index (κ2) is 7.03. The van der Waals surface area contributed by atoms with Crippen LogP contribution in [-0.4, -0.2) is 14.8 Å². The van der Waals surface area contributed by atoms with Gasteiger partial charge in [-0.05, 0) is 48.9 Å². The molecule has 0 aliphatic rings. The molecule has 0 aliphatic heterocycles. The molecular weight excluding hydrogens is 408 g/mol. The molecule has 2 heterocycles. The molecule has 0 spiro atoms. The number of aromatic nitrogens is 3. The van der Waals surface area contributed by atoms with Crippen molar-refractivity contribution in [2.45, 2.75) is 13.5 Å². The van der Waals surface area contributed by atoms with Crippen molar-refractivity contribution in [3.05, 3.63) is 79.3 Å². The molecule has 0 N–H and O–H groups in total. The fourth-order valence-electron chi connectivity index (χ4n) is 2.78. The molecule has 0 atom stereocenters. The average molecular weight is 420 g/mol. The van der Waals surface area contributed by atoms with E-state index < -0.39 is 0 Å². The van der Waals surface area contributed by atoms with Gasteiger partial charge >= 0.3 is 0 Å². The van der Waals surface area contributed by atoms with Crippen LogP contribution in [0.2, 0.25) is 10.0 Å². The van der Waals surface area contributed by atoms with Crippen LogP contribution in [0.1, 0.15) is 10.6 Å². The van der Waals surface area contributed by atoms with Crippen LogP contribution in [0.15, 0.2) is 47.3 Å². The fraction of sp³-hybridized carbons (Fsp3) is 0.105. The van der Waals surface area contributed by atoms with E-state index >= 15 is 0 Å². The van der Waals surface area contributed by atoms with Crippen molar-refractivity contribution >= 4 is 44.8 Å². The van der Waals surface area contributed by atoms with E-state index in [1.54, 1.807) is 30.3 Å².